The number of esters is 1. The van der Waals surface area contributed by atoms with E-state index in [1.54, 1.807) is 6.92 Å². The van der Waals surface area contributed by atoms with Crippen LogP contribution in [0.2, 0.25) is 0 Å². The molecule has 0 spiro atoms. The minimum absolute atomic E-state index is 0.141. The van der Waals surface area contributed by atoms with Crippen molar-refractivity contribution in [1.82, 2.24) is 5.32 Å². The van der Waals surface area contributed by atoms with Crippen molar-refractivity contribution in [2.75, 3.05) is 18.5 Å². The molecule has 0 bridgehead atoms. The van der Waals surface area contributed by atoms with Gasteiger partial charge in [-0.1, -0.05) is 22.9 Å². The summed E-state index contributed by atoms with van der Waals surface area (Å²) in [5, 5.41) is 5.15. The van der Waals surface area contributed by atoms with E-state index >= 15 is 0 Å². The second-order valence-corrected chi connectivity index (χ2v) is 4.68. The van der Waals surface area contributed by atoms with Gasteiger partial charge in [0, 0.05) is 10.2 Å². The van der Waals surface area contributed by atoms with Gasteiger partial charge in [0.1, 0.15) is 6.54 Å². The average Bonchev–Trinajstić information content (AvgIpc) is 2.39. The van der Waals surface area contributed by atoms with Gasteiger partial charge in [-0.15, -0.1) is 0 Å². The summed E-state index contributed by atoms with van der Waals surface area (Å²) in [5.74, 6) is -0.454. The predicted molar refractivity (Wildman–Crippen MR) is 77.2 cm³/mol. The Morgan fingerprint density at radius 3 is 2.68 bits per heavy atom. The molecule has 0 heterocycles. The molecular formula is C13H17BrN2O3. The van der Waals surface area contributed by atoms with Crippen molar-refractivity contribution in [2.24, 2.45) is 0 Å². The summed E-state index contributed by atoms with van der Waals surface area (Å²) in [6, 6.07) is 5.18. The number of rotatable bonds is 5. The first-order chi connectivity index (χ1) is 9.06. The third-order valence-electron chi connectivity index (χ3n) is 2.39. The van der Waals surface area contributed by atoms with Gasteiger partial charge in [0.2, 0.25) is 0 Å². The molecule has 2 amide bonds. The van der Waals surface area contributed by atoms with Crippen LogP contribution in [-0.4, -0.2) is 25.2 Å². The van der Waals surface area contributed by atoms with Crippen molar-refractivity contribution in [1.29, 1.82) is 0 Å². The molecule has 0 aliphatic rings. The van der Waals surface area contributed by atoms with Crippen LogP contribution in [0, 0.1) is 0 Å². The van der Waals surface area contributed by atoms with Gasteiger partial charge in [0.15, 0.2) is 0 Å². The monoisotopic (exact) mass is 328 g/mol. The molecule has 1 rings (SSSR count). The van der Waals surface area contributed by atoms with Crippen molar-refractivity contribution < 1.29 is 14.3 Å². The predicted octanol–water partition coefficient (Wildman–Crippen LogP) is 2.70. The van der Waals surface area contributed by atoms with Gasteiger partial charge in [0.05, 0.1) is 6.61 Å². The van der Waals surface area contributed by atoms with Crippen LogP contribution >= 0.6 is 15.9 Å². The van der Waals surface area contributed by atoms with E-state index in [4.69, 9.17) is 4.74 Å². The highest BCUT2D eigenvalue weighted by Crippen LogP contribution is 2.21. The number of nitrogens with one attached hydrogen (secondary N) is 2. The van der Waals surface area contributed by atoms with E-state index in [2.05, 4.69) is 26.6 Å². The number of aryl methyl sites for hydroxylation is 1. The van der Waals surface area contributed by atoms with E-state index in [0.717, 1.165) is 22.1 Å². The maximum Gasteiger partial charge on any atom is 0.325 e. The number of hydrogen-bond acceptors (Lipinski definition) is 3. The van der Waals surface area contributed by atoms with Crippen molar-refractivity contribution in [2.45, 2.75) is 20.3 Å². The number of urea groups is 1. The summed E-state index contributed by atoms with van der Waals surface area (Å²) in [4.78, 5) is 22.7. The second-order valence-electron chi connectivity index (χ2n) is 3.77. The lowest BCUT2D eigenvalue weighted by Crippen LogP contribution is -2.34. The Labute approximate surface area is 120 Å². The Hall–Kier alpha value is -1.56. The molecule has 0 saturated heterocycles. The van der Waals surface area contributed by atoms with Gasteiger partial charge in [-0.05, 0) is 37.1 Å². The number of ether oxygens (including phenoxy) is 1. The maximum absolute atomic E-state index is 11.6. The van der Waals surface area contributed by atoms with Crippen molar-refractivity contribution in [3.63, 3.8) is 0 Å². The van der Waals surface area contributed by atoms with Crippen LogP contribution in [0.3, 0.4) is 0 Å². The molecule has 0 atom stereocenters. The van der Waals surface area contributed by atoms with E-state index < -0.39 is 12.0 Å². The molecule has 2 N–H and O–H groups in total. The minimum atomic E-state index is -0.454. The van der Waals surface area contributed by atoms with Crippen LogP contribution in [0.4, 0.5) is 10.5 Å². The molecule has 1 aromatic carbocycles. The Balaban J connectivity index is 2.55. The molecule has 0 aromatic heterocycles. The van der Waals surface area contributed by atoms with E-state index in [9.17, 15) is 9.59 Å². The van der Waals surface area contributed by atoms with Crippen LogP contribution in [0.15, 0.2) is 22.7 Å². The molecule has 0 unspecified atom stereocenters. The Morgan fingerprint density at radius 1 is 1.32 bits per heavy atom. The first kappa shape index (κ1) is 15.5. The van der Waals surface area contributed by atoms with Gasteiger partial charge in [-0.3, -0.25) is 4.79 Å². The standard InChI is InChI=1S/C13H17BrN2O3/c1-3-9-7-10(14)5-6-11(9)16-13(18)15-8-12(17)19-4-2/h5-7H,3-4,8H2,1-2H3,(H2,15,16,18). The lowest BCUT2D eigenvalue weighted by atomic mass is 10.1. The SMILES string of the molecule is CCOC(=O)CNC(=O)Nc1ccc(Br)cc1CC. The van der Waals surface area contributed by atoms with Gasteiger partial charge in [0.25, 0.3) is 0 Å². The third kappa shape index (κ3) is 5.30. The number of carbonyl (C=O) groups is 2. The first-order valence-electron chi connectivity index (χ1n) is 6.05. The highest BCUT2D eigenvalue weighted by Gasteiger charge is 2.08. The van der Waals surface area contributed by atoms with E-state index in [0.29, 0.717) is 6.61 Å². The molecule has 1 aromatic rings. The van der Waals surface area contributed by atoms with Crippen LogP contribution in [0.25, 0.3) is 0 Å². The lowest BCUT2D eigenvalue weighted by Gasteiger charge is -2.11. The normalized spacial score (nSPS) is 9.84. The molecule has 0 saturated carbocycles. The van der Waals surface area contributed by atoms with Crippen molar-refractivity contribution >= 4 is 33.6 Å². The molecule has 0 aliphatic heterocycles. The van der Waals surface area contributed by atoms with Gasteiger partial charge >= 0.3 is 12.0 Å². The summed E-state index contributed by atoms with van der Waals surface area (Å²) >= 11 is 3.38. The fourth-order valence-corrected chi connectivity index (χ4v) is 1.92. The van der Waals surface area contributed by atoms with Crippen LogP contribution in [0.1, 0.15) is 19.4 Å². The highest BCUT2D eigenvalue weighted by molar-refractivity contribution is 9.10. The number of carbonyl (C=O) groups excluding carboxylic acids is 2. The molecule has 19 heavy (non-hydrogen) atoms. The number of amides is 2. The summed E-state index contributed by atoms with van der Waals surface area (Å²) < 4.78 is 5.68. The molecule has 104 valence electrons. The van der Waals surface area contributed by atoms with Crippen molar-refractivity contribution in [3.05, 3.63) is 28.2 Å². The molecule has 0 fully saturated rings. The molecule has 5 nitrogen and oxygen atoms in total. The topological polar surface area (TPSA) is 67.4 Å². The summed E-state index contributed by atoms with van der Waals surface area (Å²) in [7, 11) is 0. The Morgan fingerprint density at radius 2 is 2.05 bits per heavy atom. The van der Waals surface area contributed by atoms with Crippen LogP contribution in [-0.2, 0) is 16.0 Å². The minimum Gasteiger partial charge on any atom is -0.465 e. The summed E-state index contributed by atoms with van der Waals surface area (Å²) in [6.45, 7) is 3.88. The van der Waals surface area contributed by atoms with E-state index in [-0.39, 0.29) is 6.54 Å². The highest BCUT2D eigenvalue weighted by atomic mass is 79.9. The van der Waals surface area contributed by atoms with Crippen molar-refractivity contribution in [3.8, 4) is 0 Å². The van der Waals surface area contributed by atoms with E-state index in [1.165, 1.54) is 0 Å². The molecular weight excluding hydrogens is 312 g/mol. The van der Waals surface area contributed by atoms with Crippen LogP contribution in [0.5, 0.6) is 0 Å². The zero-order chi connectivity index (χ0) is 14.3. The Bertz CT molecular complexity index is 463. The number of benzene rings is 1. The number of anilines is 1. The summed E-state index contributed by atoms with van der Waals surface area (Å²) in [6.07, 6.45) is 0.799. The number of halogens is 1. The fraction of sp³-hybridized carbons (Fsp3) is 0.385. The van der Waals surface area contributed by atoms with Gasteiger partial charge < -0.3 is 15.4 Å². The zero-order valence-corrected chi connectivity index (χ0v) is 12.5. The number of hydrogen-bond donors (Lipinski definition) is 2. The van der Waals surface area contributed by atoms with Crippen LogP contribution < -0.4 is 10.6 Å². The third-order valence-corrected chi connectivity index (χ3v) is 2.89. The first-order valence-corrected chi connectivity index (χ1v) is 6.85. The van der Waals surface area contributed by atoms with E-state index in [1.807, 2.05) is 25.1 Å². The largest absolute Gasteiger partial charge is 0.465 e. The molecule has 0 aliphatic carbocycles. The quantitative estimate of drug-likeness (QED) is 0.816. The smallest absolute Gasteiger partial charge is 0.325 e. The zero-order valence-electron chi connectivity index (χ0n) is 11.0. The maximum atomic E-state index is 11.6. The Kier molecular flexibility index (Phi) is 6.35. The van der Waals surface area contributed by atoms with Gasteiger partial charge in [-0.25, -0.2) is 4.79 Å². The fourth-order valence-electron chi connectivity index (χ4n) is 1.51. The van der Waals surface area contributed by atoms with Gasteiger partial charge in [-0.2, -0.15) is 0 Å². The molecule has 0 radical (unpaired) electrons. The lowest BCUT2D eigenvalue weighted by molar-refractivity contribution is -0.141. The molecule has 6 heteroatoms. The summed E-state index contributed by atoms with van der Waals surface area (Å²) in [5.41, 5.74) is 1.74. The second kappa shape index (κ2) is 7.78. The average molecular weight is 329 g/mol.